The highest BCUT2D eigenvalue weighted by Gasteiger charge is 2.19. The molecule has 0 aliphatic carbocycles. The number of aliphatic imine (C=N–C) groups is 1. The Morgan fingerprint density at radius 1 is 1.09 bits per heavy atom. The van der Waals surface area contributed by atoms with E-state index in [2.05, 4.69) is 44.9 Å². The molecule has 2 heterocycles. The standard InChI is InChI=1S/C25H29N5O2.HI/c1-2-26-25(28-16-22-18-32-24(29-22)21-7-4-3-5-8-21)27-15-19-10-12-20(13-11-19)17-30-14-6-9-23(30)31;/h3-5,7-8,10-13,18H,2,6,9,14-17H2,1H3,(H2,26,27,28);1H. The van der Waals surface area contributed by atoms with Crippen LogP contribution in [0.4, 0.5) is 0 Å². The minimum absolute atomic E-state index is 0. The summed E-state index contributed by atoms with van der Waals surface area (Å²) in [5.74, 6) is 1.59. The molecule has 8 heteroatoms. The monoisotopic (exact) mass is 559 g/mol. The summed E-state index contributed by atoms with van der Waals surface area (Å²) in [6.07, 6.45) is 3.31. The fraction of sp³-hybridized carbons (Fsp3) is 0.320. The zero-order valence-electron chi connectivity index (χ0n) is 18.8. The number of nitrogens with one attached hydrogen (secondary N) is 2. The number of oxazole rings is 1. The normalized spacial score (nSPS) is 13.7. The van der Waals surface area contributed by atoms with Crippen molar-refractivity contribution in [2.45, 2.75) is 39.4 Å². The van der Waals surface area contributed by atoms with Gasteiger partial charge in [0.1, 0.15) is 6.26 Å². The Bertz CT molecular complexity index is 1050. The molecule has 0 saturated carbocycles. The van der Waals surface area contributed by atoms with Crippen LogP contribution in [0, 0.1) is 0 Å². The molecular weight excluding hydrogens is 529 g/mol. The molecule has 1 fully saturated rings. The third kappa shape index (κ3) is 7.05. The van der Waals surface area contributed by atoms with Crippen molar-refractivity contribution in [3.63, 3.8) is 0 Å². The number of carbonyl (C=O) groups excluding carboxylic acids is 1. The Labute approximate surface area is 211 Å². The van der Waals surface area contributed by atoms with Crippen molar-refractivity contribution in [3.8, 4) is 11.5 Å². The van der Waals surface area contributed by atoms with Gasteiger partial charge in [-0.1, -0.05) is 42.5 Å². The van der Waals surface area contributed by atoms with E-state index in [9.17, 15) is 4.79 Å². The summed E-state index contributed by atoms with van der Waals surface area (Å²) in [4.78, 5) is 23.0. The summed E-state index contributed by atoms with van der Waals surface area (Å²) in [6.45, 7) is 5.44. The van der Waals surface area contributed by atoms with E-state index in [4.69, 9.17) is 4.42 Å². The van der Waals surface area contributed by atoms with E-state index in [1.165, 1.54) is 0 Å². The lowest BCUT2D eigenvalue weighted by molar-refractivity contribution is -0.128. The van der Waals surface area contributed by atoms with Gasteiger partial charge in [-0.05, 0) is 36.6 Å². The van der Waals surface area contributed by atoms with Crippen LogP contribution < -0.4 is 10.6 Å². The van der Waals surface area contributed by atoms with Gasteiger partial charge in [0.25, 0.3) is 0 Å². The number of hydrogen-bond acceptors (Lipinski definition) is 4. The Balaban J connectivity index is 0.00000306. The number of halogens is 1. The lowest BCUT2D eigenvalue weighted by Gasteiger charge is -2.15. The van der Waals surface area contributed by atoms with Crippen LogP contribution in [0.2, 0.25) is 0 Å². The number of hydrogen-bond donors (Lipinski definition) is 2. The van der Waals surface area contributed by atoms with Gasteiger partial charge >= 0.3 is 0 Å². The quantitative estimate of drug-likeness (QED) is 0.244. The molecule has 4 rings (SSSR count). The molecule has 0 bridgehead atoms. The van der Waals surface area contributed by atoms with Crippen LogP contribution in [0.3, 0.4) is 0 Å². The van der Waals surface area contributed by atoms with E-state index >= 15 is 0 Å². The van der Waals surface area contributed by atoms with Gasteiger partial charge < -0.3 is 20.0 Å². The number of aromatic nitrogens is 1. The molecule has 0 spiro atoms. The predicted molar refractivity (Wildman–Crippen MR) is 140 cm³/mol. The van der Waals surface area contributed by atoms with Gasteiger partial charge in [-0.3, -0.25) is 4.79 Å². The van der Waals surface area contributed by atoms with Crippen LogP contribution in [-0.2, 0) is 24.4 Å². The van der Waals surface area contributed by atoms with E-state index in [1.807, 2.05) is 42.2 Å². The Hall–Kier alpha value is -2.88. The predicted octanol–water partition coefficient (Wildman–Crippen LogP) is 4.34. The van der Waals surface area contributed by atoms with E-state index in [0.717, 1.165) is 47.9 Å². The van der Waals surface area contributed by atoms with Gasteiger partial charge in [0.2, 0.25) is 11.8 Å². The Morgan fingerprint density at radius 2 is 1.85 bits per heavy atom. The van der Waals surface area contributed by atoms with Gasteiger partial charge in [0, 0.05) is 31.6 Å². The van der Waals surface area contributed by atoms with Crippen molar-refractivity contribution in [2.24, 2.45) is 4.99 Å². The van der Waals surface area contributed by atoms with Gasteiger partial charge in [-0.25, -0.2) is 9.98 Å². The van der Waals surface area contributed by atoms with Gasteiger partial charge in [0.15, 0.2) is 5.96 Å². The maximum Gasteiger partial charge on any atom is 0.226 e. The first-order chi connectivity index (χ1) is 15.7. The molecule has 2 N–H and O–H groups in total. The first-order valence-electron chi connectivity index (χ1n) is 11.1. The average molecular weight is 559 g/mol. The molecule has 3 aromatic rings. The molecule has 0 unspecified atom stereocenters. The van der Waals surface area contributed by atoms with Crippen molar-refractivity contribution in [3.05, 3.63) is 77.7 Å². The van der Waals surface area contributed by atoms with E-state index in [1.54, 1.807) is 6.26 Å². The van der Waals surface area contributed by atoms with Crippen molar-refractivity contribution in [1.29, 1.82) is 0 Å². The van der Waals surface area contributed by atoms with Gasteiger partial charge in [-0.2, -0.15) is 0 Å². The number of rotatable bonds is 8. The second-order valence-corrected chi connectivity index (χ2v) is 7.79. The first-order valence-corrected chi connectivity index (χ1v) is 11.1. The average Bonchev–Trinajstić information content (AvgIpc) is 3.46. The number of carbonyl (C=O) groups is 1. The van der Waals surface area contributed by atoms with Crippen molar-refractivity contribution >= 4 is 35.8 Å². The van der Waals surface area contributed by atoms with E-state index in [0.29, 0.717) is 31.9 Å². The third-order valence-electron chi connectivity index (χ3n) is 5.34. The van der Waals surface area contributed by atoms with Crippen LogP contribution in [0.15, 0.2) is 70.3 Å². The number of amides is 1. The molecule has 1 aliphatic heterocycles. The second-order valence-electron chi connectivity index (χ2n) is 7.79. The van der Waals surface area contributed by atoms with Gasteiger partial charge in [0.05, 0.1) is 18.8 Å². The fourth-order valence-corrected chi connectivity index (χ4v) is 3.63. The van der Waals surface area contributed by atoms with Crippen LogP contribution in [0.1, 0.15) is 36.6 Å². The lowest BCUT2D eigenvalue weighted by Crippen LogP contribution is -2.36. The summed E-state index contributed by atoms with van der Waals surface area (Å²) in [5.41, 5.74) is 4.04. The molecule has 7 nitrogen and oxygen atoms in total. The number of benzene rings is 2. The van der Waals surface area contributed by atoms with Crippen LogP contribution in [-0.4, -0.2) is 34.8 Å². The van der Waals surface area contributed by atoms with Crippen molar-refractivity contribution in [1.82, 2.24) is 20.5 Å². The third-order valence-corrected chi connectivity index (χ3v) is 5.34. The highest BCUT2D eigenvalue weighted by atomic mass is 127. The SMILES string of the molecule is CCNC(=NCc1ccc(CN2CCCC2=O)cc1)NCc1coc(-c2ccccc2)n1.I. The molecule has 33 heavy (non-hydrogen) atoms. The number of nitrogens with zero attached hydrogens (tertiary/aromatic N) is 3. The molecule has 1 saturated heterocycles. The number of guanidine groups is 1. The molecule has 174 valence electrons. The molecule has 1 aromatic heterocycles. The maximum absolute atomic E-state index is 11.8. The van der Waals surface area contributed by atoms with Crippen LogP contribution >= 0.6 is 24.0 Å². The molecule has 0 atom stereocenters. The minimum Gasteiger partial charge on any atom is -0.444 e. The van der Waals surface area contributed by atoms with Crippen LogP contribution in [0.5, 0.6) is 0 Å². The summed E-state index contributed by atoms with van der Waals surface area (Å²) in [5, 5.41) is 6.57. The van der Waals surface area contributed by atoms with Crippen molar-refractivity contribution in [2.75, 3.05) is 13.1 Å². The molecule has 1 amide bonds. The molecular formula is C25H30IN5O2. The lowest BCUT2D eigenvalue weighted by atomic mass is 10.1. The smallest absolute Gasteiger partial charge is 0.226 e. The van der Waals surface area contributed by atoms with E-state index < -0.39 is 0 Å². The maximum atomic E-state index is 11.8. The minimum atomic E-state index is 0. The van der Waals surface area contributed by atoms with Gasteiger partial charge in [-0.15, -0.1) is 24.0 Å². The summed E-state index contributed by atoms with van der Waals surface area (Å²) in [7, 11) is 0. The van der Waals surface area contributed by atoms with Crippen LogP contribution in [0.25, 0.3) is 11.5 Å². The fourth-order valence-electron chi connectivity index (χ4n) is 3.63. The first kappa shape index (κ1) is 24.8. The highest BCUT2D eigenvalue weighted by molar-refractivity contribution is 14.0. The Morgan fingerprint density at radius 3 is 2.55 bits per heavy atom. The Kier molecular flexibility index (Phi) is 9.29. The molecule has 1 aliphatic rings. The molecule has 0 radical (unpaired) electrons. The zero-order chi connectivity index (χ0) is 22.2. The largest absolute Gasteiger partial charge is 0.444 e. The van der Waals surface area contributed by atoms with Crippen molar-refractivity contribution < 1.29 is 9.21 Å². The number of likely N-dealkylation sites (tertiary alicyclic amines) is 1. The summed E-state index contributed by atoms with van der Waals surface area (Å²) in [6, 6.07) is 18.2. The summed E-state index contributed by atoms with van der Waals surface area (Å²) >= 11 is 0. The molecule has 2 aromatic carbocycles. The zero-order valence-corrected chi connectivity index (χ0v) is 21.1. The second kappa shape index (κ2) is 12.4. The highest BCUT2D eigenvalue weighted by Crippen LogP contribution is 2.18. The summed E-state index contributed by atoms with van der Waals surface area (Å²) < 4.78 is 5.60. The van der Waals surface area contributed by atoms with E-state index in [-0.39, 0.29) is 29.9 Å². The topological polar surface area (TPSA) is 82.8 Å².